The van der Waals surface area contributed by atoms with Crippen molar-refractivity contribution in [3.63, 3.8) is 0 Å². The molecule has 0 spiro atoms. The molecule has 0 aliphatic carbocycles. The van der Waals surface area contributed by atoms with E-state index in [4.69, 9.17) is 0 Å². The molecule has 0 atom stereocenters. The van der Waals surface area contributed by atoms with Crippen LogP contribution in [0.3, 0.4) is 0 Å². The van der Waals surface area contributed by atoms with Crippen molar-refractivity contribution in [2.24, 2.45) is 0 Å². The molecule has 2 rings (SSSR count). The van der Waals surface area contributed by atoms with Crippen molar-refractivity contribution in [2.75, 3.05) is 11.9 Å². The van der Waals surface area contributed by atoms with Gasteiger partial charge in [0, 0.05) is 6.54 Å². The second-order valence-corrected chi connectivity index (χ2v) is 4.83. The maximum atomic E-state index is 11.0. The molecule has 0 fully saturated rings. The standard InChI is InChI=1S/C10H13N7O2S/c1-3-4-11-9-12-5-7(17(18)19)8(14-9)20-10-13-6(2)15-16-10/h5H,3-4H2,1-2H3,(H,11,12,14)(H,13,15,16). The summed E-state index contributed by atoms with van der Waals surface area (Å²) >= 11 is 1.02. The van der Waals surface area contributed by atoms with E-state index in [1.165, 1.54) is 6.20 Å². The van der Waals surface area contributed by atoms with Gasteiger partial charge in [0.25, 0.3) is 0 Å². The maximum absolute atomic E-state index is 11.0. The number of hydrogen-bond donors (Lipinski definition) is 2. The van der Waals surface area contributed by atoms with Gasteiger partial charge in [0.2, 0.25) is 11.1 Å². The first-order valence-electron chi connectivity index (χ1n) is 5.92. The molecule has 0 aromatic carbocycles. The van der Waals surface area contributed by atoms with Gasteiger partial charge in [-0.05, 0) is 25.1 Å². The second kappa shape index (κ2) is 6.28. The lowest BCUT2D eigenvalue weighted by molar-refractivity contribution is -0.388. The lowest BCUT2D eigenvalue weighted by Gasteiger charge is -2.04. The van der Waals surface area contributed by atoms with Crippen molar-refractivity contribution in [2.45, 2.75) is 30.5 Å². The number of aryl methyl sites for hydroxylation is 1. The summed E-state index contributed by atoms with van der Waals surface area (Å²) in [4.78, 5) is 22.6. The van der Waals surface area contributed by atoms with Crippen LogP contribution in [0.4, 0.5) is 11.6 Å². The van der Waals surface area contributed by atoms with Gasteiger partial charge in [-0.1, -0.05) is 6.92 Å². The van der Waals surface area contributed by atoms with E-state index in [0.29, 0.717) is 23.5 Å². The van der Waals surface area contributed by atoms with Crippen LogP contribution in [-0.4, -0.2) is 36.6 Å². The summed E-state index contributed by atoms with van der Waals surface area (Å²) in [5, 5.41) is 21.2. The van der Waals surface area contributed by atoms with Crippen molar-refractivity contribution < 1.29 is 4.92 Å². The third-order valence-electron chi connectivity index (χ3n) is 2.23. The smallest absolute Gasteiger partial charge is 0.320 e. The number of nitro groups is 1. The van der Waals surface area contributed by atoms with Crippen molar-refractivity contribution in [3.8, 4) is 0 Å². The minimum Gasteiger partial charge on any atom is -0.354 e. The molecule has 0 radical (unpaired) electrons. The number of rotatable bonds is 6. The summed E-state index contributed by atoms with van der Waals surface area (Å²) in [5.41, 5.74) is -0.167. The van der Waals surface area contributed by atoms with E-state index < -0.39 is 4.92 Å². The van der Waals surface area contributed by atoms with Gasteiger partial charge in [-0.3, -0.25) is 15.2 Å². The van der Waals surface area contributed by atoms with E-state index >= 15 is 0 Å². The molecule has 0 aliphatic rings. The Morgan fingerprint density at radius 1 is 1.50 bits per heavy atom. The maximum Gasteiger partial charge on any atom is 0.320 e. The largest absolute Gasteiger partial charge is 0.354 e. The van der Waals surface area contributed by atoms with Crippen LogP contribution >= 0.6 is 11.8 Å². The fourth-order valence-corrected chi connectivity index (χ4v) is 2.15. The fourth-order valence-electron chi connectivity index (χ4n) is 1.34. The molecule has 0 bridgehead atoms. The van der Waals surface area contributed by atoms with E-state index in [9.17, 15) is 10.1 Å². The van der Waals surface area contributed by atoms with Crippen LogP contribution in [0.15, 0.2) is 16.4 Å². The highest BCUT2D eigenvalue weighted by Crippen LogP contribution is 2.31. The summed E-state index contributed by atoms with van der Waals surface area (Å²) in [6.45, 7) is 4.45. The molecule has 20 heavy (non-hydrogen) atoms. The van der Waals surface area contributed by atoms with Crippen molar-refractivity contribution in [1.29, 1.82) is 0 Å². The van der Waals surface area contributed by atoms with Crippen LogP contribution in [-0.2, 0) is 0 Å². The second-order valence-electron chi connectivity index (χ2n) is 3.87. The van der Waals surface area contributed by atoms with Gasteiger partial charge in [0.05, 0.1) is 4.92 Å². The van der Waals surface area contributed by atoms with Crippen molar-refractivity contribution in [3.05, 3.63) is 22.1 Å². The number of H-pyrrole nitrogens is 1. The molecular weight excluding hydrogens is 282 g/mol. The Hall–Kier alpha value is -2.23. The summed E-state index contributed by atoms with van der Waals surface area (Å²) in [6, 6.07) is 0. The number of hydrogen-bond acceptors (Lipinski definition) is 8. The summed E-state index contributed by atoms with van der Waals surface area (Å²) in [5.74, 6) is 0.987. The highest BCUT2D eigenvalue weighted by Gasteiger charge is 2.20. The topological polar surface area (TPSA) is 123 Å². The third-order valence-corrected chi connectivity index (χ3v) is 3.09. The van der Waals surface area contributed by atoms with Crippen LogP contribution < -0.4 is 5.32 Å². The third kappa shape index (κ3) is 3.41. The molecule has 2 heterocycles. The van der Waals surface area contributed by atoms with Gasteiger partial charge in [-0.2, -0.15) is 4.98 Å². The van der Waals surface area contributed by atoms with Gasteiger partial charge in [0.1, 0.15) is 12.0 Å². The predicted molar refractivity (Wildman–Crippen MR) is 72.7 cm³/mol. The Bertz CT molecular complexity index is 615. The Labute approximate surface area is 118 Å². The molecule has 0 aliphatic heterocycles. The first-order valence-corrected chi connectivity index (χ1v) is 6.74. The van der Waals surface area contributed by atoms with Crippen LogP contribution in [0.1, 0.15) is 19.2 Å². The van der Waals surface area contributed by atoms with Crippen LogP contribution in [0.25, 0.3) is 0 Å². The number of nitrogens with zero attached hydrogens (tertiary/aromatic N) is 5. The molecule has 2 N–H and O–H groups in total. The van der Waals surface area contributed by atoms with Crippen LogP contribution in [0.2, 0.25) is 0 Å². The molecular formula is C10H13N7O2S. The minimum atomic E-state index is -0.522. The zero-order valence-corrected chi connectivity index (χ0v) is 11.8. The lowest BCUT2D eigenvalue weighted by Crippen LogP contribution is -2.06. The number of nitrogens with one attached hydrogen (secondary N) is 2. The van der Waals surface area contributed by atoms with Gasteiger partial charge >= 0.3 is 5.69 Å². The Balaban J connectivity index is 2.28. The zero-order valence-electron chi connectivity index (χ0n) is 11.0. The first kappa shape index (κ1) is 14.2. The molecule has 2 aromatic rings. The lowest BCUT2D eigenvalue weighted by atomic mass is 10.5. The average molecular weight is 295 g/mol. The van der Waals surface area contributed by atoms with E-state index in [0.717, 1.165) is 18.2 Å². The van der Waals surface area contributed by atoms with Gasteiger partial charge in [-0.25, -0.2) is 9.97 Å². The van der Waals surface area contributed by atoms with Gasteiger partial charge in [-0.15, -0.1) is 5.10 Å². The normalized spacial score (nSPS) is 10.5. The first-order chi connectivity index (χ1) is 9.60. The molecule has 10 heteroatoms. The van der Waals surface area contributed by atoms with Crippen LogP contribution in [0.5, 0.6) is 0 Å². The van der Waals surface area contributed by atoms with Crippen molar-refractivity contribution >= 4 is 23.4 Å². The number of anilines is 1. The SMILES string of the molecule is CCCNc1ncc([N+](=O)[O-])c(Sc2n[nH]c(C)n2)n1. The molecule has 2 aromatic heterocycles. The zero-order chi connectivity index (χ0) is 14.5. The molecule has 0 amide bonds. The molecule has 0 saturated carbocycles. The van der Waals surface area contributed by atoms with Crippen molar-refractivity contribution in [1.82, 2.24) is 25.1 Å². The Kier molecular flexibility index (Phi) is 4.45. The highest BCUT2D eigenvalue weighted by molar-refractivity contribution is 7.99. The van der Waals surface area contributed by atoms with E-state index in [-0.39, 0.29) is 10.7 Å². The van der Waals surface area contributed by atoms with E-state index in [1.54, 1.807) is 6.92 Å². The van der Waals surface area contributed by atoms with E-state index in [1.807, 2.05) is 6.92 Å². The van der Waals surface area contributed by atoms with Gasteiger partial charge < -0.3 is 5.32 Å². The summed E-state index contributed by atoms with van der Waals surface area (Å²) < 4.78 is 0. The quantitative estimate of drug-likeness (QED) is 0.469. The molecule has 9 nitrogen and oxygen atoms in total. The molecule has 0 saturated heterocycles. The van der Waals surface area contributed by atoms with Crippen LogP contribution in [0, 0.1) is 17.0 Å². The number of aromatic amines is 1. The fraction of sp³-hybridized carbons (Fsp3) is 0.400. The van der Waals surface area contributed by atoms with Gasteiger partial charge in [0.15, 0.2) is 5.03 Å². The Morgan fingerprint density at radius 3 is 2.90 bits per heavy atom. The predicted octanol–water partition coefficient (Wildman–Crippen LogP) is 1.78. The number of aromatic nitrogens is 5. The Morgan fingerprint density at radius 2 is 2.30 bits per heavy atom. The minimum absolute atomic E-state index is 0.167. The summed E-state index contributed by atoms with van der Waals surface area (Å²) in [7, 11) is 0. The summed E-state index contributed by atoms with van der Waals surface area (Å²) in [6.07, 6.45) is 2.09. The molecule has 0 unspecified atom stereocenters. The average Bonchev–Trinajstić information content (AvgIpc) is 2.81. The van der Waals surface area contributed by atoms with E-state index in [2.05, 4.69) is 30.5 Å². The monoisotopic (exact) mass is 295 g/mol. The molecule has 106 valence electrons. The highest BCUT2D eigenvalue weighted by atomic mass is 32.2.